The van der Waals surface area contributed by atoms with E-state index >= 15 is 0 Å². The first kappa shape index (κ1) is 22.7. The van der Waals surface area contributed by atoms with Crippen molar-refractivity contribution >= 4 is 34.9 Å². The normalized spacial score (nSPS) is 11.5. The summed E-state index contributed by atoms with van der Waals surface area (Å²) in [4.78, 5) is 13.2. The molecule has 0 spiro atoms. The van der Waals surface area contributed by atoms with Gasteiger partial charge in [0.2, 0.25) is 11.9 Å². The van der Waals surface area contributed by atoms with E-state index in [-0.39, 0.29) is 6.54 Å². The molecule has 0 radical (unpaired) electrons. The zero-order valence-electron chi connectivity index (χ0n) is 17.7. The SMILES string of the molecule is COC(CN=C(NC(=S)Nc1cc(C)cc(C)c1)Nc1nc(C)cc(C)n1)OC. The molecule has 0 bridgehead atoms. The molecular formula is C20H28N6O2S. The number of methoxy groups -OCH3 is 2. The summed E-state index contributed by atoms with van der Waals surface area (Å²) in [6.07, 6.45) is -0.477. The molecule has 9 heteroatoms. The third kappa shape index (κ3) is 7.72. The molecule has 3 N–H and O–H groups in total. The highest BCUT2D eigenvalue weighted by Gasteiger charge is 2.10. The number of nitrogens with one attached hydrogen (secondary N) is 3. The van der Waals surface area contributed by atoms with Crippen LogP contribution in [0.3, 0.4) is 0 Å². The van der Waals surface area contributed by atoms with E-state index in [1.807, 2.05) is 45.9 Å². The lowest BCUT2D eigenvalue weighted by Gasteiger charge is -2.16. The molecule has 2 aromatic rings. The van der Waals surface area contributed by atoms with Crippen LogP contribution in [0.4, 0.5) is 11.6 Å². The summed E-state index contributed by atoms with van der Waals surface area (Å²) >= 11 is 5.46. The minimum absolute atomic E-state index is 0.263. The largest absolute Gasteiger partial charge is 0.354 e. The van der Waals surface area contributed by atoms with Crippen LogP contribution in [0.5, 0.6) is 0 Å². The van der Waals surface area contributed by atoms with Gasteiger partial charge in [-0.3, -0.25) is 5.32 Å². The van der Waals surface area contributed by atoms with Crippen LogP contribution in [-0.4, -0.2) is 48.1 Å². The van der Waals surface area contributed by atoms with Gasteiger partial charge < -0.3 is 20.1 Å². The third-order valence-corrected chi connectivity index (χ3v) is 4.05. The molecule has 1 aromatic heterocycles. The van der Waals surface area contributed by atoms with Crippen LogP contribution >= 0.6 is 12.2 Å². The lowest BCUT2D eigenvalue weighted by atomic mass is 10.1. The Labute approximate surface area is 177 Å². The quantitative estimate of drug-likeness (QED) is 0.286. The summed E-state index contributed by atoms with van der Waals surface area (Å²) in [7, 11) is 3.12. The van der Waals surface area contributed by atoms with E-state index < -0.39 is 6.29 Å². The third-order valence-electron chi connectivity index (χ3n) is 3.85. The second kappa shape index (κ2) is 10.8. The van der Waals surface area contributed by atoms with Gasteiger partial charge >= 0.3 is 0 Å². The molecular weight excluding hydrogens is 388 g/mol. The summed E-state index contributed by atoms with van der Waals surface area (Å²) in [5.41, 5.74) is 4.89. The first-order valence-electron chi connectivity index (χ1n) is 9.14. The number of benzene rings is 1. The van der Waals surface area contributed by atoms with E-state index in [1.165, 1.54) is 0 Å². The second-order valence-corrected chi connectivity index (χ2v) is 7.05. The fourth-order valence-corrected chi connectivity index (χ4v) is 2.94. The fraction of sp³-hybridized carbons (Fsp3) is 0.400. The maximum atomic E-state index is 5.46. The standard InChI is InChI=1S/C20H28N6O2S/c1-12-7-13(2)9-16(8-12)24-20(29)26-18(21-11-17(27-5)28-6)25-19-22-14(3)10-15(4)23-19/h7-10,17H,11H2,1-6H3,(H3,21,22,23,24,25,26,29). The Balaban J connectivity index is 2.16. The van der Waals surface area contributed by atoms with Crippen LogP contribution in [0.15, 0.2) is 29.3 Å². The highest BCUT2D eigenvalue weighted by molar-refractivity contribution is 7.80. The Kier molecular flexibility index (Phi) is 8.44. The predicted molar refractivity (Wildman–Crippen MR) is 121 cm³/mol. The Morgan fingerprint density at radius 3 is 2.10 bits per heavy atom. The number of nitrogens with zero attached hydrogens (tertiary/aromatic N) is 3. The molecule has 0 saturated carbocycles. The number of hydrogen-bond donors (Lipinski definition) is 3. The molecule has 29 heavy (non-hydrogen) atoms. The fourth-order valence-electron chi connectivity index (χ4n) is 2.73. The Morgan fingerprint density at radius 1 is 0.966 bits per heavy atom. The van der Waals surface area contributed by atoms with Gasteiger partial charge in [0.15, 0.2) is 11.4 Å². The number of aryl methyl sites for hydroxylation is 4. The first-order valence-corrected chi connectivity index (χ1v) is 9.55. The van der Waals surface area contributed by atoms with Gasteiger partial charge in [-0.15, -0.1) is 0 Å². The van der Waals surface area contributed by atoms with Crippen molar-refractivity contribution in [2.75, 3.05) is 31.4 Å². The summed E-state index contributed by atoms with van der Waals surface area (Å²) in [5, 5.41) is 9.71. The minimum atomic E-state index is -0.477. The number of rotatable bonds is 6. The van der Waals surface area contributed by atoms with Crippen LogP contribution in [0.1, 0.15) is 22.5 Å². The van der Waals surface area contributed by atoms with E-state index in [0.717, 1.165) is 28.2 Å². The molecule has 8 nitrogen and oxygen atoms in total. The topological polar surface area (TPSA) is 92.7 Å². The lowest BCUT2D eigenvalue weighted by Crippen LogP contribution is -2.40. The van der Waals surface area contributed by atoms with Gasteiger partial charge in [0.05, 0.1) is 6.54 Å². The van der Waals surface area contributed by atoms with E-state index in [4.69, 9.17) is 21.7 Å². The molecule has 2 rings (SSSR count). The number of anilines is 2. The van der Waals surface area contributed by atoms with Gasteiger partial charge in [-0.1, -0.05) is 6.07 Å². The number of hydrogen-bond acceptors (Lipinski definition) is 6. The Morgan fingerprint density at radius 2 is 1.55 bits per heavy atom. The molecule has 0 saturated heterocycles. The number of thiocarbonyl (C=S) groups is 1. The summed E-state index contributed by atoms with van der Waals surface area (Å²) in [5.74, 6) is 0.810. The van der Waals surface area contributed by atoms with E-state index in [9.17, 15) is 0 Å². The van der Waals surface area contributed by atoms with E-state index in [1.54, 1.807) is 14.2 Å². The van der Waals surface area contributed by atoms with E-state index in [0.29, 0.717) is 17.0 Å². The van der Waals surface area contributed by atoms with Gasteiger partial charge in [0.25, 0.3) is 0 Å². The van der Waals surface area contributed by atoms with Crippen molar-refractivity contribution in [3.8, 4) is 0 Å². The molecule has 0 fully saturated rings. The molecule has 1 heterocycles. The molecule has 0 aliphatic heterocycles. The first-order chi connectivity index (χ1) is 13.8. The maximum Gasteiger partial charge on any atom is 0.229 e. The average molecular weight is 417 g/mol. The molecule has 1 aromatic carbocycles. The van der Waals surface area contributed by atoms with E-state index in [2.05, 4.69) is 37.0 Å². The van der Waals surface area contributed by atoms with Crippen molar-refractivity contribution in [3.63, 3.8) is 0 Å². The van der Waals surface area contributed by atoms with Crippen LogP contribution in [0, 0.1) is 27.7 Å². The molecule has 0 atom stereocenters. The average Bonchev–Trinajstić information content (AvgIpc) is 2.60. The van der Waals surface area contributed by atoms with Gasteiger partial charge in [-0.2, -0.15) is 0 Å². The van der Waals surface area contributed by atoms with Crippen LogP contribution in [-0.2, 0) is 9.47 Å². The number of ether oxygens (including phenoxy) is 2. The summed E-state index contributed by atoms with van der Waals surface area (Å²) < 4.78 is 10.4. The second-order valence-electron chi connectivity index (χ2n) is 6.65. The van der Waals surface area contributed by atoms with Crippen molar-refractivity contribution in [3.05, 3.63) is 46.8 Å². The lowest BCUT2D eigenvalue weighted by molar-refractivity contribution is -0.0937. The number of aliphatic imine (C=N–C) groups is 1. The smallest absolute Gasteiger partial charge is 0.229 e. The molecule has 0 amide bonds. The van der Waals surface area contributed by atoms with Gasteiger partial charge in [-0.25, -0.2) is 15.0 Å². The minimum Gasteiger partial charge on any atom is -0.354 e. The van der Waals surface area contributed by atoms with Crippen LogP contribution in [0.25, 0.3) is 0 Å². The molecule has 0 aliphatic rings. The van der Waals surface area contributed by atoms with Gasteiger partial charge in [0, 0.05) is 31.3 Å². The van der Waals surface area contributed by atoms with Crippen molar-refractivity contribution in [2.45, 2.75) is 34.0 Å². The Hall–Kier alpha value is -2.62. The zero-order chi connectivity index (χ0) is 21.4. The molecule has 0 aliphatic carbocycles. The highest BCUT2D eigenvalue weighted by atomic mass is 32.1. The van der Waals surface area contributed by atoms with Crippen molar-refractivity contribution < 1.29 is 9.47 Å². The maximum absolute atomic E-state index is 5.46. The zero-order valence-corrected chi connectivity index (χ0v) is 18.5. The number of guanidine groups is 1. The Bertz CT molecular complexity index is 843. The molecule has 156 valence electrons. The van der Waals surface area contributed by atoms with Crippen molar-refractivity contribution in [1.29, 1.82) is 0 Å². The number of aromatic nitrogens is 2. The summed E-state index contributed by atoms with van der Waals surface area (Å²) in [6.45, 7) is 8.15. The van der Waals surface area contributed by atoms with Crippen molar-refractivity contribution in [2.24, 2.45) is 4.99 Å². The van der Waals surface area contributed by atoms with Gasteiger partial charge in [0.1, 0.15) is 0 Å². The van der Waals surface area contributed by atoms with Crippen LogP contribution < -0.4 is 16.0 Å². The summed E-state index contributed by atoms with van der Waals surface area (Å²) in [6, 6.07) is 8.03. The molecule has 0 unspecified atom stereocenters. The van der Waals surface area contributed by atoms with Crippen molar-refractivity contribution in [1.82, 2.24) is 15.3 Å². The van der Waals surface area contributed by atoms with Gasteiger partial charge in [-0.05, 0) is 69.2 Å². The monoisotopic (exact) mass is 416 g/mol. The highest BCUT2D eigenvalue weighted by Crippen LogP contribution is 2.13. The predicted octanol–water partition coefficient (Wildman–Crippen LogP) is 3.08. The van der Waals surface area contributed by atoms with Crippen LogP contribution in [0.2, 0.25) is 0 Å².